The predicted octanol–water partition coefficient (Wildman–Crippen LogP) is 2.12. The van der Waals surface area contributed by atoms with Gasteiger partial charge in [0, 0.05) is 0 Å². The van der Waals surface area contributed by atoms with Crippen LogP contribution in [0.1, 0.15) is 22.8 Å². The van der Waals surface area contributed by atoms with Crippen molar-refractivity contribution in [2.45, 2.75) is 18.2 Å². The Balaban J connectivity index is 2.81. The highest BCUT2D eigenvalue weighted by Gasteiger charge is 2.20. The van der Waals surface area contributed by atoms with Gasteiger partial charge in [0.05, 0.1) is 5.56 Å². The number of aromatic carboxylic acids is 1. The van der Waals surface area contributed by atoms with Gasteiger partial charge >= 0.3 is 5.97 Å². The van der Waals surface area contributed by atoms with Crippen LogP contribution < -0.4 is 0 Å². The minimum atomic E-state index is -0.967. The van der Waals surface area contributed by atoms with Crippen LogP contribution in [0.4, 0.5) is 0 Å². The summed E-state index contributed by atoms with van der Waals surface area (Å²) in [5.41, 5.74) is 1.06. The van der Waals surface area contributed by atoms with Gasteiger partial charge in [-0.05, 0) is 31.0 Å². The van der Waals surface area contributed by atoms with Gasteiger partial charge in [-0.3, -0.25) is 0 Å². The first-order chi connectivity index (χ1) is 6.94. The Labute approximate surface area is 92.7 Å². The normalized spacial score (nSPS) is 14.3. The molecular weight excluding hydrogens is 216 g/mol. The van der Waals surface area contributed by atoms with Crippen LogP contribution in [0, 0.1) is 0 Å². The molecule has 0 aliphatic rings. The lowest BCUT2D eigenvalue weighted by atomic mass is 10.0. The number of halogens is 1. The van der Waals surface area contributed by atoms with E-state index in [9.17, 15) is 9.59 Å². The van der Waals surface area contributed by atoms with Gasteiger partial charge in [0.2, 0.25) is 0 Å². The first-order valence-corrected chi connectivity index (χ1v) is 4.80. The van der Waals surface area contributed by atoms with Crippen LogP contribution in [-0.4, -0.2) is 22.2 Å². The van der Waals surface area contributed by atoms with Crippen molar-refractivity contribution in [3.05, 3.63) is 35.4 Å². The lowest BCUT2D eigenvalue weighted by molar-refractivity contribution is -0.109. The number of alkyl halides is 1. The molecule has 0 aromatic heterocycles. The molecule has 0 aliphatic heterocycles. The Hall–Kier alpha value is -1.35. The molecule has 1 aromatic rings. The molecule has 3 nitrogen and oxygen atoms in total. The van der Waals surface area contributed by atoms with E-state index in [-0.39, 0.29) is 5.56 Å². The second kappa shape index (κ2) is 4.45. The number of carboxylic acid groups (broad SMARTS) is 1. The molecule has 0 radical (unpaired) electrons. The zero-order valence-electron chi connectivity index (χ0n) is 8.24. The van der Waals surface area contributed by atoms with Crippen molar-refractivity contribution in [2.75, 3.05) is 0 Å². The van der Waals surface area contributed by atoms with Gasteiger partial charge in [-0.15, -0.1) is 11.6 Å². The molecule has 1 N–H and O–H groups in total. The van der Waals surface area contributed by atoms with Crippen LogP contribution in [0.5, 0.6) is 0 Å². The third-order valence-corrected chi connectivity index (χ3v) is 2.22. The number of carboxylic acids is 1. The molecule has 0 spiro atoms. The molecule has 15 heavy (non-hydrogen) atoms. The number of carbonyl (C=O) groups is 2. The van der Waals surface area contributed by atoms with Crippen molar-refractivity contribution in [1.29, 1.82) is 0 Å². The summed E-state index contributed by atoms with van der Waals surface area (Å²) in [5.74, 6) is -0.967. The molecule has 0 heterocycles. The van der Waals surface area contributed by atoms with E-state index in [1.807, 2.05) is 0 Å². The van der Waals surface area contributed by atoms with Gasteiger partial charge in [0.25, 0.3) is 0 Å². The quantitative estimate of drug-likeness (QED) is 0.632. The van der Waals surface area contributed by atoms with Crippen LogP contribution in [-0.2, 0) is 11.2 Å². The van der Waals surface area contributed by atoms with Crippen molar-refractivity contribution in [3.63, 3.8) is 0 Å². The maximum atomic E-state index is 10.6. The molecule has 80 valence electrons. The molecular formula is C11H11ClO3. The number of benzene rings is 1. The molecule has 4 heteroatoms. The smallest absolute Gasteiger partial charge is 0.335 e. The zero-order valence-corrected chi connectivity index (χ0v) is 8.99. The molecule has 1 atom stereocenters. The number of rotatable bonds is 4. The monoisotopic (exact) mass is 226 g/mol. The molecule has 0 fully saturated rings. The molecule has 0 saturated carbocycles. The van der Waals surface area contributed by atoms with Gasteiger partial charge in [0.15, 0.2) is 0 Å². The highest BCUT2D eigenvalue weighted by atomic mass is 35.5. The highest BCUT2D eigenvalue weighted by molar-refractivity contribution is 6.31. The van der Waals surface area contributed by atoms with E-state index in [1.165, 1.54) is 12.1 Å². The summed E-state index contributed by atoms with van der Waals surface area (Å²) in [7, 11) is 0. The fourth-order valence-corrected chi connectivity index (χ4v) is 1.36. The number of carbonyl (C=O) groups excluding carboxylic acids is 1. The van der Waals surface area contributed by atoms with E-state index < -0.39 is 10.8 Å². The second-order valence-corrected chi connectivity index (χ2v) is 4.44. The molecule has 0 amide bonds. The summed E-state index contributed by atoms with van der Waals surface area (Å²) >= 11 is 5.87. The van der Waals surface area contributed by atoms with Crippen LogP contribution in [0.2, 0.25) is 0 Å². The van der Waals surface area contributed by atoms with Crippen molar-refractivity contribution >= 4 is 23.9 Å². The van der Waals surface area contributed by atoms with Gasteiger partial charge in [-0.1, -0.05) is 12.1 Å². The van der Waals surface area contributed by atoms with Gasteiger partial charge < -0.3 is 9.90 Å². The molecule has 1 aromatic carbocycles. The fourth-order valence-electron chi connectivity index (χ4n) is 1.21. The molecule has 0 bridgehead atoms. The van der Waals surface area contributed by atoms with Crippen LogP contribution in [0.15, 0.2) is 24.3 Å². The summed E-state index contributed by atoms with van der Waals surface area (Å²) in [6.07, 6.45) is 1.07. The van der Waals surface area contributed by atoms with E-state index in [0.29, 0.717) is 12.7 Å². The first kappa shape index (κ1) is 11.7. The topological polar surface area (TPSA) is 54.4 Å². The van der Waals surface area contributed by atoms with E-state index in [4.69, 9.17) is 16.7 Å². The summed E-state index contributed by atoms with van der Waals surface area (Å²) < 4.78 is 0. The van der Waals surface area contributed by atoms with E-state index >= 15 is 0 Å². The maximum Gasteiger partial charge on any atom is 0.335 e. The average molecular weight is 227 g/mol. The second-order valence-electron chi connectivity index (χ2n) is 3.57. The lowest BCUT2D eigenvalue weighted by Crippen LogP contribution is -2.21. The first-order valence-electron chi connectivity index (χ1n) is 4.42. The summed E-state index contributed by atoms with van der Waals surface area (Å²) in [5, 5.41) is 8.67. The number of hydrogen-bond donors (Lipinski definition) is 1. The van der Waals surface area contributed by atoms with Gasteiger partial charge in [0.1, 0.15) is 11.2 Å². The zero-order chi connectivity index (χ0) is 11.5. The molecule has 0 saturated heterocycles. The molecule has 1 rings (SSSR count). The van der Waals surface area contributed by atoms with Crippen molar-refractivity contribution < 1.29 is 14.7 Å². The standard InChI is InChI=1S/C11H11ClO3/c1-11(12,7-13)6-8-2-4-9(5-3-8)10(14)15/h2-5,7H,6H2,1H3,(H,14,15). The Morgan fingerprint density at radius 2 is 2.00 bits per heavy atom. The Morgan fingerprint density at radius 1 is 1.47 bits per heavy atom. The third kappa shape index (κ3) is 3.36. The number of aldehydes is 1. The van der Waals surface area contributed by atoms with E-state index in [2.05, 4.69) is 0 Å². The Morgan fingerprint density at radius 3 is 2.40 bits per heavy atom. The molecule has 1 unspecified atom stereocenters. The minimum absolute atomic E-state index is 0.223. The van der Waals surface area contributed by atoms with Crippen molar-refractivity contribution in [3.8, 4) is 0 Å². The van der Waals surface area contributed by atoms with Gasteiger partial charge in [-0.25, -0.2) is 4.79 Å². The van der Waals surface area contributed by atoms with E-state index in [0.717, 1.165) is 5.56 Å². The van der Waals surface area contributed by atoms with E-state index in [1.54, 1.807) is 19.1 Å². The molecule has 0 aliphatic carbocycles. The highest BCUT2D eigenvalue weighted by Crippen LogP contribution is 2.18. The lowest BCUT2D eigenvalue weighted by Gasteiger charge is -2.13. The van der Waals surface area contributed by atoms with Gasteiger partial charge in [-0.2, -0.15) is 0 Å². The average Bonchev–Trinajstić information content (AvgIpc) is 2.18. The Bertz CT molecular complexity index is 368. The maximum absolute atomic E-state index is 10.6. The minimum Gasteiger partial charge on any atom is -0.478 e. The van der Waals surface area contributed by atoms with Crippen LogP contribution in [0.25, 0.3) is 0 Å². The summed E-state index contributed by atoms with van der Waals surface area (Å²) in [4.78, 5) is 20.2. The summed E-state index contributed by atoms with van der Waals surface area (Å²) in [6, 6.07) is 6.31. The third-order valence-electron chi connectivity index (χ3n) is 2.00. The summed E-state index contributed by atoms with van der Waals surface area (Å²) in [6.45, 7) is 1.62. The van der Waals surface area contributed by atoms with Crippen molar-refractivity contribution in [2.24, 2.45) is 0 Å². The van der Waals surface area contributed by atoms with Crippen LogP contribution >= 0.6 is 11.6 Å². The fraction of sp³-hybridized carbons (Fsp3) is 0.273. The largest absolute Gasteiger partial charge is 0.478 e. The van der Waals surface area contributed by atoms with Crippen molar-refractivity contribution in [1.82, 2.24) is 0 Å². The SMILES string of the molecule is CC(Cl)(C=O)Cc1ccc(C(=O)O)cc1. The predicted molar refractivity (Wildman–Crippen MR) is 57.4 cm³/mol. The number of hydrogen-bond acceptors (Lipinski definition) is 2. The van der Waals surface area contributed by atoms with Crippen LogP contribution in [0.3, 0.4) is 0 Å². The Kier molecular flexibility index (Phi) is 3.48.